The van der Waals surface area contributed by atoms with Gasteiger partial charge < -0.3 is 0 Å². The Morgan fingerprint density at radius 1 is 0.778 bits per heavy atom. The van der Waals surface area contributed by atoms with Crippen LogP contribution in [0.4, 0.5) is 0 Å². The van der Waals surface area contributed by atoms with Crippen LogP contribution in [0.2, 0.25) is 0 Å². The average molecular weight is 370 g/mol. The molecule has 4 nitrogen and oxygen atoms in total. The van der Waals surface area contributed by atoms with Crippen LogP contribution < -0.4 is 0 Å². The number of hydrogen-bond donors (Lipinski definition) is 0. The number of carbonyl (C=O) groups excluding carboxylic acids is 2. The van der Waals surface area contributed by atoms with Crippen molar-refractivity contribution in [2.75, 3.05) is 0 Å². The lowest BCUT2D eigenvalue weighted by atomic mass is 10.0. The van der Waals surface area contributed by atoms with E-state index in [4.69, 9.17) is 0 Å². The minimum Gasteiger partial charge on any atom is -0.285 e. The molecule has 0 N–H and O–H groups in total. The highest BCUT2D eigenvalue weighted by Gasteiger charge is 2.18. The number of pyridine rings is 2. The third kappa shape index (κ3) is 2.88. The van der Waals surface area contributed by atoms with Gasteiger partial charge in [-0.3, -0.25) is 9.59 Å². The summed E-state index contributed by atoms with van der Waals surface area (Å²) in [4.78, 5) is 31.6. The van der Waals surface area contributed by atoms with Crippen LogP contribution in [0.15, 0.2) is 45.9 Å². The van der Waals surface area contributed by atoms with E-state index in [1.807, 2.05) is 0 Å². The normalized spacial score (nSPS) is 10.1. The quantitative estimate of drug-likeness (QED) is 0.474. The van der Waals surface area contributed by atoms with E-state index in [-0.39, 0.29) is 11.1 Å². The first-order valence-electron chi connectivity index (χ1n) is 4.90. The van der Waals surface area contributed by atoms with Gasteiger partial charge in [-0.25, -0.2) is 9.97 Å². The molecular weight excluding hydrogens is 364 g/mol. The van der Waals surface area contributed by atoms with Crippen molar-refractivity contribution in [1.82, 2.24) is 9.97 Å². The van der Waals surface area contributed by atoms with E-state index in [0.29, 0.717) is 9.21 Å². The Morgan fingerprint density at radius 2 is 1.17 bits per heavy atom. The third-order valence-electron chi connectivity index (χ3n) is 2.19. The fourth-order valence-corrected chi connectivity index (χ4v) is 1.75. The minimum atomic E-state index is -0.598. The van der Waals surface area contributed by atoms with Gasteiger partial charge in [0.25, 0.3) is 0 Å². The van der Waals surface area contributed by atoms with Crippen molar-refractivity contribution in [2.24, 2.45) is 0 Å². The zero-order valence-electron chi connectivity index (χ0n) is 8.93. The monoisotopic (exact) mass is 368 g/mol. The predicted octanol–water partition coefficient (Wildman–Crippen LogP) is 3.07. The summed E-state index contributed by atoms with van der Waals surface area (Å²) >= 11 is 6.32. The van der Waals surface area contributed by atoms with E-state index in [0.717, 1.165) is 0 Å². The number of Topliss-reactive ketones (excluding diaryl/α,β-unsaturated/α-hetero) is 2. The van der Waals surface area contributed by atoms with E-state index >= 15 is 0 Å². The fourth-order valence-electron chi connectivity index (χ4n) is 1.28. The Hall–Kier alpha value is -1.40. The van der Waals surface area contributed by atoms with Crippen LogP contribution in [-0.2, 0) is 0 Å². The predicted molar refractivity (Wildman–Crippen MR) is 72.5 cm³/mol. The number of hydrogen-bond acceptors (Lipinski definition) is 4. The lowest BCUT2D eigenvalue weighted by Gasteiger charge is -2.00. The second-order valence-electron chi connectivity index (χ2n) is 3.40. The molecule has 0 amide bonds. The van der Waals surface area contributed by atoms with Crippen molar-refractivity contribution < 1.29 is 9.59 Å². The summed E-state index contributed by atoms with van der Waals surface area (Å²) in [6.07, 6.45) is 2.72. The van der Waals surface area contributed by atoms with Crippen LogP contribution in [0.3, 0.4) is 0 Å². The van der Waals surface area contributed by atoms with Crippen LogP contribution in [0.5, 0.6) is 0 Å². The number of halogens is 2. The van der Waals surface area contributed by atoms with Crippen molar-refractivity contribution in [3.8, 4) is 0 Å². The van der Waals surface area contributed by atoms with Crippen LogP contribution in [0.25, 0.3) is 0 Å². The summed E-state index contributed by atoms with van der Waals surface area (Å²) in [5.41, 5.74) is 0.511. The van der Waals surface area contributed by atoms with Crippen LogP contribution in [0, 0.1) is 0 Å². The van der Waals surface area contributed by atoms with Crippen LogP contribution in [-0.4, -0.2) is 21.5 Å². The van der Waals surface area contributed by atoms with Gasteiger partial charge in [0.05, 0.1) is 0 Å². The SMILES string of the molecule is O=C(C(=O)c1ccc(Br)nc1)c1ccc(Br)nc1. The molecular formula is C12H6Br2N2O2. The molecule has 0 aromatic carbocycles. The molecule has 18 heavy (non-hydrogen) atoms. The Bertz CT molecular complexity index is 539. The molecule has 2 aromatic heterocycles. The molecule has 90 valence electrons. The number of carbonyl (C=O) groups is 2. The summed E-state index contributed by atoms with van der Waals surface area (Å²) in [7, 11) is 0. The minimum absolute atomic E-state index is 0.256. The van der Waals surface area contributed by atoms with E-state index in [2.05, 4.69) is 41.8 Å². The van der Waals surface area contributed by atoms with E-state index in [1.165, 1.54) is 12.4 Å². The van der Waals surface area contributed by atoms with Crippen molar-refractivity contribution in [3.05, 3.63) is 57.0 Å². The van der Waals surface area contributed by atoms with Gasteiger partial charge in [-0.05, 0) is 56.1 Å². The Labute approximate surface area is 120 Å². The largest absolute Gasteiger partial charge is 0.285 e. The molecule has 6 heteroatoms. The topological polar surface area (TPSA) is 59.9 Å². The molecule has 0 atom stereocenters. The van der Waals surface area contributed by atoms with Gasteiger partial charge in [0, 0.05) is 23.5 Å². The highest BCUT2D eigenvalue weighted by molar-refractivity contribution is 9.10. The highest BCUT2D eigenvalue weighted by atomic mass is 79.9. The molecule has 0 fully saturated rings. The van der Waals surface area contributed by atoms with Gasteiger partial charge in [-0.1, -0.05) is 0 Å². The third-order valence-corrected chi connectivity index (χ3v) is 3.12. The van der Waals surface area contributed by atoms with Crippen molar-refractivity contribution >= 4 is 43.4 Å². The van der Waals surface area contributed by atoms with Gasteiger partial charge in [0.1, 0.15) is 9.21 Å². The Morgan fingerprint density at radius 3 is 1.44 bits per heavy atom. The van der Waals surface area contributed by atoms with Crippen LogP contribution >= 0.6 is 31.9 Å². The van der Waals surface area contributed by atoms with Crippen molar-refractivity contribution in [1.29, 1.82) is 0 Å². The van der Waals surface area contributed by atoms with Gasteiger partial charge in [-0.2, -0.15) is 0 Å². The first kappa shape index (κ1) is 13.0. The number of nitrogens with zero attached hydrogens (tertiary/aromatic N) is 2. The zero-order valence-corrected chi connectivity index (χ0v) is 12.1. The average Bonchev–Trinajstić information content (AvgIpc) is 2.39. The fraction of sp³-hybridized carbons (Fsp3) is 0. The van der Waals surface area contributed by atoms with E-state index in [9.17, 15) is 9.59 Å². The molecule has 0 saturated carbocycles. The van der Waals surface area contributed by atoms with Gasteiger partial charge >= 0.3 is 0 Å². The molecule has 0 aliphatic heterocycles. The summed E-state index contributed by atoms with van der Waals surface area (Å²) in [5, 5.41) is 0. The Kier molecular flexibility index (Phi) is 3.98. The summed E-state index contributed by atoms with van der Waals surface area (Å²) in [5.74, 6) is -1.20. The highest BCUT2D eigenvalue weighted by Crippen LogP contribution is 2.11. The second-order valence-corrected chi connectivity index (χ2v) is 5.02. The molecule has 0 aliphatic carbocycles. The standard InChI is InChI=1S/C12H6Br2N2O2/c13-9-3-1-7(5-15-9)11(17)12(18)8-2-4-10(14)16-6-8/h1-6H. The number of aromatic nitrogens is 2. The Balaban J connectivity index is 2.26. The molecule has 2 aromatic rings. The summed E-state index contributed by atoms with van der Waals surface area (Å²) < 4.78 is 1.22. The van der Waals surface area contributed by atoms with Gasteiger partial charge in [-0.15, -0.1) is 0 Å². The maximum Gasteiger partial charge on any atom is 0.235 e. The maximum atomic E-state index is 11.9. The molecule has 0 radical (unpaired) electrons. The maximum absolute atomic E-state index is 11.9. The smallest absolute Gasteiger partial charge is 0.235 e. The molecule has 2 heterocycles. The first-order valence-corrected chi connectivity index (χ1v) is 6.48. The van der Waals surface area contributed by atoms with Gasteiger partial charge in [0.2, 0.25) is 11.6 Å². The first-order chi connectivity index (χ1) is 8.58. The lowest BCUT2D eigenvalue weighted by molar-refractivity contribution is 0.0816. The molecule has 2 rings (SSSR count). The van der Waals surface area contributed by atoms with Crippen molar-refractivity contribution in [2.45, 2.75) is 0 Å². The summed E-state index contributed by atoms with van der Waals surface area (Å²) in [6, 6.07) is 6.31. The number of ketones is 2. The number of rotatable bonds is 3. The molecule has 0 bridgehead atoms. The van der Waals surface area contributed by atoms with Crippen LogP contribution in [0.1, 0.15) is 20.7 Å². The van der Waals surface area contributed by atoms with E-state index < -0.39 is 11.6 Å². The second kappa shape index (κ2) is 5.49. The van der Waals surface area contributed by atoms with Crippen molar-refractivity contribution in [3.63, 3.8) is 0 Å². The molecule has 0 spiro atoms. The van der Waals surface area contributed by atoms with Gasteiger partial charge in [0.15, 0.2) is 0 Å². The lowest BCUT2D eigenvalue weighted by Crippen LogP contribution is -2.14. The summed E-state index contributed by atoms with van der Waals surface area (Å²) in [6.45, 7) is 0. The molecule has 0 aliphatic rings. The molecule has 0 unspecified atom stereocenters. The zero-order chi connectivity index (χ0) is 13.1. The molecule has 0 saturated heterocycles. The van der Waals surface area contributed by atoms with E-state index in [1.54, 1.807) is 24.3 Å².